The number of hydrogen-bond donors (Lipinski definition) is 2. The summed E-state index contributed by atoms with van der Waals surface area (Å²) in [5, 5.41) is 5.88. The highest BCUT2D eigenvalue weighted by Gasteiger charge is 2.35. The highest BCUT2D eigenvalue weighted by Crippen LogP contribution is 2.36. The van der Waals surface area contributed by atoms with Crippen LogP contribution in [-0.2, 0) is 4.79 Å². The van der Waals surface area contributed by atoms with Gasteiger partial charge in [-0.1, -0.05) is 18.2 Å². The number of rotatable bonds is 3. The number of nitrogens with one attached hydrogen (secondary N) is 2. The van der Waals surface area contributed by atoms with E-state index in [1.165, 1.54) is 0 Å². The van der Waals surface area contributed by atoms with Crippen molar-refractivity contribution >= 4 is 23.4 Å². The number of Topliss-reactive ketones (excluding diaryl/α,β-unsaturated/α-hetero) is 1. The number of para-hydroxylation sites is 1. The molecule has 0 spiro atoms. The third kappa shape index (κ3) is 4.01. The predicted molar refractivity (Wildman–Crippen MR) is 122 cm³/mol. The van der Waals surface area contributed by atoms with E-state index in [0.717, 1.165) is 11.3 Å². The van der Waals surface area contributed by atoms with Crippen molar-refractivity contribution in [2.24, 2.45) is 5.92 Å². The maximum atomic E-state index is 13.1. The number of carbonyl (C=O) groups is 3. The lowest BCUT2D eigenvalue weighted by Gasteiger charge is -2.32. The molecule has 1 fully saturated rings. The number of ketones is 1. The number of anilines is 1. The Morgan fingerprint density at radius 2 is 1.79 bits per heavy atom. The molecule has 8 nitrogen and oxygen atoms in total. The number of piperidine rings is 1. The standard InChI is InChI=1S/C25H27N3O5/c1-14-22(18-5-3-4-6-20(18)32-14)27-25(31)28-11-9-16(10-12-28)23(29)17-7-8-21-19(13-17)26-24(30)15(2)33-21/h3-8,13-16,22H,9-12H2,1-2H3,(H,26,30)(H,27,31). The Balaban J connectivity index is 1.19. The summed E-state index contributed by atoms with van der Waals surface area (Å²) in [6, 6.07) is 12.6. The molecule has 5 rings (SSSR count). The summed E-state index contributed by atoms with van der Waals surface area (Å²) in [4.78, 5) is 39.6. The molecule has 172 valence electrons. The van der Waals surface area contributed by atoms with Gasteiger partial charge in [0.2, 0.25) is 0 Å². The Hall–Kier alpha value is -3.55. The van der Waals surface area contributed by atoms with Gasteiger partial charge in [0.15, 0.2) is 11.9 Å². The van der Waals surface area contributed by atoms with E-state index in [0.29, 0.717) is 42.9 Å². The van der Waals surface area contributed by atoms with E-state index in [4.69, 9.17) is 9.47 Å². The fraction of sp³-hybridized carbons (Fsp3) is 0.400. The molecule has 3 unspecified atom stereocenters. The summed E-state index contributed by atoms with van der Waals surface area (Å²) in [5.74, 6) is 1.01. The van der Waals surface area contributed by atoms with Crippen LogP contribution >= 0.6 is 0 Å². The van der Waals surface area contributed by atoms with Gasteiger partial charge in [-0.15, -0.1) is 0 Å². The minimum absolute atomic E-state index is 0.0254. The second kappa shape index (κ2) is 8.42. The molecule has 33 heavy (non-hydrogen) atoms. The van der Waals surface area contributed by atoms with Crippen molar-refractivity contribution in [3.63, 3.8) is 0 Å². The molecule has 0 bridgehead atoms. The average Bonchev–Trinajstić information content (AvgIpc) is 3.14. The van der Waals surface area contributed by atoms with Gasteiger partial charge < -0.3 is 25.0 Å². The molecule has 3 heterocycles. The van der Waals surface area contributed by atoms with Crippen molar-refractivity contribution in [3.8, 4) is 11.5 Å². The van der Waals surface area contributed by atoms with Gasteiger partial charge in [0, 0.05) is 30.1 Å². The largest absolute Gasteiger partial charge is 0.488 e. The molecule has 2 aromatic carbocycles. The fourth-order valence-electron chi connectivity index (χ4n) is 4.73. The zero-order valence-corrected chi connectivity index (χ0v) is 18.7. The molecule has 3 aliphatic heterocycles. The molecule has 3 amide bonds. The van der Waals surface area contributed by atoms with Crippen LogP contribution in [0.2, 0.25) is 0 Å². The van der Waals surface area contributed by atoms with Crippen molar-refractivity contribution in [3.05, 3.63) is 53.6 Å². The van der Waals surface area contributed by atoms with E-state index < -0.39 is 6.10 Å². The van der Waals surface area contributed by atoms with Crippen LogP contribution in [0.3, 0.4) is 0 Å². The zero-order chi connectivity index (χ0) is 23.1. The minimum Gasteiger partial charge on any atom is -0.488 e. The number of fused-ring (bicyclic) bond motifs is 2. The van der Waals surface area contributed by atoms with Gasteiger partial charge in [-0.2, -0.15) is 0 Å². The van der Waals surface area contributed by atoms with Gasteiger partial charge in [-0.25, -0.2) is 4.79 Å². The first-order chi connectivity index (χ1) is 15.9. The van der Waals surface area contributed by atoms with Crippen molar-refractivity contribution in [2.45, 2.75) is 44.9 Å². The fourth-order valence-corrected chi connectivity index (χ4v) is 4.73. The van der Waals surface area contributed by atoms with Gasteiger partial charge in [-0.05, 0) is 51.0 Å². The Morgan fingerprint density at radius 3 is 2.58 bits per heavy atom. The SMILES string of the molecule is CC1Oc2ccc(C(=O)C3CCN(C(=O)NC4c5ccccc5OC4C)CC3)cc2NC1=O. The average molecular weight is 450 g/mol. The van der Waals surface area contributed by atoms with Gasteiger partial charge >= 0.3 is 6.03 Å². The molecule has 3 aliphatic rings. The van der Waals surface area contributed by atoms with E-state index in [1.54, 1.807) is 30.0 Å². The van der Waals surface area contributed by atoms with Gasteiger partial charge in [0.05, 0.1) is 11.7 Å². The molecule has 0 radical (unpaired) electrons. The molecule has 2 aromatic rings. The summed E-state index contributed by atoms with van der Waals surface area (Å²) in [7, 11) is 0. The highest BCUT2D eigenvalue weighted by atomic mass is 16.5. The van der Waals surface area contributed by atoms with Crippen LogP contribution in [0.5, 0.6) is 11.5 Å². The summed E-state index contributed by atoms with van der Waals surface area (Å²) < 4.78 is 11.4. The van der Waals surface area contributed by atoms with Crippen LogP contribution in [0.4, 0.5) is 10.5 Å². The maximum Gasteiger partial charge on any atom is 0.318 e. The number of benzene rings is 2. The molecule has 2 N–H and O–H groups in total. The Labute approximate surface area is 192 Å². The topological polar surface area (TPSA) is 97.0 Å². The molecule has 8 heteroatoms. The van der Waals surface area contributed by atoms with Gasteiger partial charge in [0.25, 0.3) is 5.91 Å². The highest BCUT2D eigenvalue weighted by molar-refractivity contribution is 6.02. The number of likely N-dealkylation sites (tertiary alicyclic amines) is 1. The van der Waals surface area contributed by atoms with Gasteiger partial charge in [0.1, 0.15) is 17.6 Å². The molecule has 0 aliphatic carbocycles. The van der Waals surface area contributed by atoms with Crippen molar-refractivity contribution in [2.75, 3.05) is 18.4 Å². The lowest BCUT2D eigenvalue weighted by Crippen LogP contribution is -2.47. The molecule has 0 saturated carbocycles. The van der Waals surface area contributed by atoms with Crippen LogP contribution in [0.25, 0.3) is 0 Å². The molecule has 1 saturated heterocycles. The van der Waals surface area contributed by atoms with Crippen molar-refractivity contribution in [1.29, 1.82) is 0 Å². The number of ether oxygens (including phenoxy) is 2. The Kier molecular flexibility index (Phi) is 5.44. The van der Waals surface area contributed by atoms with Crippen LogP contribution in [0.15, 0.2) is 42.5 Å². The smallest absolute Gasteiger partial charge is 0.318 e. The second-order valence-electron chi connectivity index (χ2n) is 8.87. The summed E-state index contributed by atoms with van der Waals surface area (Å²) in [5.41, 5.74) is 2.05. The lowest BCUT2D eigenvalue weighted by atomic mass is 9.88. The van der Waals surface area contributed by atoms with Crippen LogP contribution in [-0.4, -0.2) is 47.9 Å². The first-order valence-corrected chi connectivity index (χ1v) is 11.4. The first kappa shape index (κ1) is 21.3. The molecular weight excluding hydrogens is 422 g/mol. The number of urea groups is 1. The number of amides is 3. The van der Waals surface area contributed by atoms with Crippen LogP contribution < -0.4 is 20.1 Å². The zero-order valence-electron chi connectivity index (χ0n) is 18.7. The first-order valence-electron chi connectivity index (χ1n) is 11.4. The van der Waals surface area contributed by atoms with E-state index in [2.05, 4.69) is 10.6 Å². The minimum atomic E-state index is -0.554. The van der Waals surface area contributed by atoms with E-state index in [-0.39, 0.29) is 35.8 Å². The van der Waals surface area contributed by atoms with Crippen molar-refractivity contribution < 1.29 is 23.9 Å². The third-order valence-corrected chi connectivity index (χ3v) is 6.66. The van der Waals surface area contributed by atoms with Crippen LogP contribution in [0, 0.1) is 5.92 Å². The monoisotopic (exact) mass is 449 g/mol. The number of hydrogen-bond acceptors (Lipinski definition) is 5. The predicted octanol–water partition coefficient (Wildman–Crippen LogP) is 3.53. The van der Waals surface area contributed by atoms with E-state index in [9.17, 15) is 14.4 Å². The Morgan fingerprint density at radius 1 is 1.03 bits per heavy atom. The lowest BCUT2D eigenvalue weighted by molar-refractivity contribution is -0.122. The molecule has 3 atom stereocenters. The maximum absolute atomic E-state index is 13.1. The molecule has 0 aromatic heterocycles. The number of carbonyl (C=O) groups excluding carboxylic acids is 3. The van der Waals surface area contributed by atoms with E-state index in [1.807, 2.05) is 31.2 Å². The normalized spacial score (nSPS) is 24.1. The van der Waals surface area contributed by atoms with E-state index >= 15 is 0 Å². The van der Waals surface area contributed by atoms with Crippen LogP contribution in [0.1, 0.15) is 48.7 Å². The quantitative estimate of drug-likeness (QED) is 0.699. The summed E-state index contributed by atoms with van der Waals surface area (Å²) in [6.07, 6.45) is 0.497. The van der Waals surface area contributed by atoms with Crippen molar-refractivity contribution in [1.82, 2.24) is 10.2 Å². The Bertz CT molecular complexity index is 1110. The number of nitrogens with zero attached hydrogens (tertiary/aromatic N) is 1. The third-order valence-electron chi connectivity index (χ3n) is 6.66. The summed E-state index contributed by atoms with van der Waals surface area (Å²) >= 11 is 0. The second-order valence-corrected chi connectivity index (χ2v) is 8.87. The summed E-state index contributed by atoms with van der Waals surface area (Å²) in [6.45, 7) is 4.64. The van der Waals surface area contributed by atoms with Gasteiger partial charge in [-0.3, -0.25) is 9.59 Å². The molecular formula is C25H27N3O5.